The number of hydrogen-bond donors (Lipinski definition) is 0. The highest BCUT2D eigenvalue weighted by Gasteiger charge is 2.23. The first kappa shape index (κ1) is 45.3. The zero-order valence-corrected chi connectivity index (χ0v) is 43.1. The highest BCUT2D eigenvalue weighted by atomic mass is 32.1. The second-order valence-electron chi connectivity index (χ2n) is 19.2. The van der Waals surface area contributed by atoms with Crippen LogP contribution in [0, 0.1) is 0 Å². The highest BCUT2D eigenvalue weighted by Crippen LogP contribution is 2.51. The van der Waals surface area contributed by atoms with Crippen LogP contribution in [0.1, 0.15) is 0 Å². The third-order valence-electron chi connectivity index (χ3n) is 14.7. The average molecular weight is 1010 g/mol. The van der Waals surface area contributed by atoms with Crippen molar-refractivity contribution >= 4 is 87.7 Å². The summed E-state index contributed by atoms with van der Waals surface area (Å²) in [5.74, 6) is 0. The van der Waals surface area contributed by atoms with Crippen molar-refractivity contribution in [1.82, 2.24) is 0 Å². The van der Waals surface area contributed by atoms with Crippen LogP contribution in [0.3, 0.4) is 0 Å². The van der Waals surface area contributed by atoms with E-state index in [2.05, 4.69) is 301 Å². The molecule has 14 rings (SSSR count). The maximum Gasteiger partial charge on any atom is 0.101 e. The first-order chi connectivity index (χ1) is 37.7. The molecule has 2 aromatic heterocycles. The molecular formula is C72H48N2S2. The van der Waals surface area contributed by atoms with Crippen molar-refractivity contribution in [2.45, 2.75) is 0 Å². The van der Waals surface area contributed by atoms with E-state index in [1.807, 2.05) is 22.7 Å². The summed E-state index contributed by atoms with van der Waals surface area (Å²) in [7, 11) is 0. The maximum atomic E-state index is 2.43. The van der Waals surface area contributed by atoms with Gasteiger partial charge >= 0.3 is 0 Å². The fraction of sp³-hybridized carbons (Fsp3) is 0. The molecule has 0 spiro atoms. The van der Waals surface area contributed by atoms with Crippen LogP contribution in [0.5, 0.6) is 0 Å². The van der Waals surface area contributed by atoms with Crippen molar-refractivity contribution in [2.75, 3.05) is 9.80 Å². The monoisotopic (exact) mass is 1000 g/mol. The molecule has 2 nitrogen and oxygen atoms in total. The standard InChI is InChI=1S/C72H48N2S2/c1-5-17-49(18-6-1)51-29-37-57(38-30-51)73(65-27-15-13-25-59(65)53-21-9-3-10-22-53)69-47-45-67(75-69)61-41-33-55-36-44-64-62(42-34-56-35-43-63(61)71(55)72(56)64)68-46-48-70(76-68)74(58-39-31-52(32-40-58)50-19-7-2-8-20-50)66-28-16-14-26-60(66)54-23-11-4-12-24-54/h1-48H. The Labute approximate surface area is 451 Å². The molecule has 0 radical (unpaired) electrons. The van der Waals surface area contributed by atoms with E-state index in [4.69, 9.17) is 0 Å². The van der Waals surface area contributed by atoms with Gasteiger partial charge in [-0.05, 0) is 137 Å². The van der Waals surface area contributed by atoms with E-state index in [9.17, 15) is 0 Å². The normalized spacial score (nSPS) is 11.4. The maximum absolute atomic E-state index is 2.43. The summed E-state index contributed by atoms with van der Waals surface area (Å²) < 4.78 is 0. The molecule has 12 aromatic carbocycles. The Morgan fingerprint density at radius 1 is 0.224 bits per heavy atom. The summed E-state index contributed by atoms with van der Waals surface area (Å²) in [4.78, 5) is 7.33. The second kappa shape index (κ2) is 19.5. The van der Waals surface area contributed by atoms with Gasteiger partial charge in [-0.2, -0.15) is 0 Å². The number of rotatable bonds is 12. The van der Waals surface area contributed by atoms with E-state index >= 15 is 0 Å². The van der Waals surface area contributed by atoms with Gasteiger partial charge in [-0.1, -0.05) is 231 Å². The van der Waals surface area contributed by atoms with Gasteiger partial charge in [0, 0.05) is 32.3 Å². The van der Waals surface area contributed by atoms with Crippen molar-refractivity contribution in [2.24, 2.45) is 0 Å². The number of hydrogen-bond acceptors (Lipinski definition) is 4. The minimum atomic E-state index is 1.11. The molecule has 0 aliphatic carbocycles. The third-order valence-corrected chi connectivity index (χ3v) is 17.0. The summed E-state index contributed by atoms with van der Waals surface area (Å²) in [5, 5.41) is 9.94. The number of benzene rings is 12. The van der Waals surface area contributed by atoms with Crippen molar-refractivity contribution in [3.8, 4) is 65.4 Å². The Hall–Kier alpha value is -9.32. The molecule has 0 aliphatic rings. The summed E-state index contributed by atoms with van der Waals surface area (Å²) in [6, 6.07) is 106. The number of nitrogens with zero attached hydrogens (tertiary/aromatic N) is 2. The first-order valence-electron chi connectivity index (χ1n) is 25.8. The van der Waals surface area contributed by atoms with Crippen LogP contribution in [0.15, 0.2) is 291 Å². The van der Waals surface area contributed by atoms with Crippen LogP contribution < -0.4 is 9.80 Å². The molecule has 0 aliphatic heterocycles. The van der Waals surface area contributed by atoms with Gasteiger partial charge in [0.2, 0.25) is 0 Å². The lowest BCUT2D eigenvalue weighted by Crippen LogP contribution is -2.09. The molecule has 0 saturated heterocycles. The van der Waals surface area contributed by atoms with E-state index in [1.54, 1.807) is 0 Å². The molecule has 0 fully saturated rings. The topological polar surface area (TPSA) is 6.48 Å². The minimum absolute atomic E-state index is 1.11. The zero-order valence-electron chi connectivity index (χ0n) is 41.4. The van der Waals surface area contributed by atoms with Crippen LogP contribution in [0.4, 0.5) is 32.8 Å². The fourth-order valence-electron chi connectivity index (χ4n) is 11.1. The lowest BCUT2D eigenvalue weighted by Gasteiger charge is -2.26. The Balaban J connectivity index is 0.867. The predicted molar refractivity (Wildman–Crippen MR) is 328 cm³/mol. The largest absolute Gasteiger partial charge is 0.301 e. The molecule has 0 amide bonds. The van der Waals surface area contributed by atoms with Gasteiger partial charge in [0.1, 0.15) is 10.0 Å². The van der Waals surface area contributed by atoms with Gasteiger partial charge in [0.25, 0.3) is 0 Å². The minimum Gasteiger partial charge on any atom is -0.301 e. The van der Waals surface area contributed by atoms with E-state index in [0.29, 0.717) is 0 Å². The second-order valence-corrected chi connectivity index (χ2v) is 21.3. The van der Waals surface area contributed by atoms with Gasteiger partial charge in [0.15, 0.2) is 0 Å². The van der Waals surface area contributed by atoms with Crippen molar-refractivity contribution in [3.63, 3.8) is 0 Å². The molecule has 0 bridgehead atoms. The fourth-order valence-corrected chi connectivity index (χ4v) is 13.3. The van der Waals surface area contributed by atoms with Gasteiger partial charge < -0.3 is 9.80 Å². The molecule has 358 valence electrons. The summed E-state index contributed by atoms with van der Waals surface area (Å²) in [6.45, 7) is 0. The molecule has 0 saturated carbocycles. The van der Waals surface area contributed by atoms with Crippen LogP contribution in [0.2, 0.25) is 0 Å². The molecule has 76 heavy (non-hydrogen) atoms. The van der Waals surface area contributed by atoms with Crippen molar-refractivity contribution in [1.29, 1.82) is 0 Å². The Kier molecular flexibility index (Phi) is 11.6. The Bertz CT molecular complexity index is 4030. The number of para-hydroxylation sites is 2. The third kappa shape index (κ3) is 8.22. The van der Waals surface area contributed by atoms with Crippen molar-refractivity contribution < 1.29 is 0 Å². The lowest BCUT2D eigenvalue weighted by molar-refractivity contribution is 1.32. The van der Waals surface area contributed by atoms with E-state index in [0.717, 1.165) is 32.8 Å². The summed E-state index contributed by atoms with van der Waals surface area (Å²) in [6.07, 6.45) is 0. The van der Waals surface area contributed by atoms with Gasteiger partial charge in [0.05, 0.1) is 11.4 Å². The van der Waals surface area contributed by atoms with Crippen LogP contribution in [-0.4, -0.2) is 0 Å². The molecule has 0 N–H and O–H groups in total. The van der Waals surface area contributed by atoms with Crippen molar-refractivity contribution in [3.05, 3.63) is 291 Å². The van der Waals surface area contributed by atoms with Gasteiger partial charge in [-0.25, -0.2) is 0 Å². The van der Waals surface area contributed by atoms with E-state index in [-0.39, 0.29) is 0 Å². The molecule has 2 heterocycles. The molecule has 0 atom stereocenters. The molecule has 14 aromatic rings. The van der Waals surface area contributed by atoms with Gasteiger partial charge in [-0.15, -0.1) is 22.7 Å². The zero-order chi connectivity index (χ0) is 50.4. The molecular weight excluding hydrogens is 957 g/mol. The highest BCUT2D eigenvalue weighted by molar-refractivity contribution is 7.20. The Morgan fingerprint density at radius 2 is 0.553 bits per heavy atom. The molecule has 0 unspecified atom stereocenters. The van der Waals surface area contributed by atoms with E-state index in [1.165, 1.54) is 97.7 Å². The molecule has 4 heteroatoms. The van der Waals surface area contributed by atoms with Crippen LogP contribution >= 0.6 is 22.7 Å². The lowest BCUT2D eigenvalue weighted by atomic mass is 9.89. The SMILES string of the molecule is c1ccc(-c2ccc(N(c3ccc(-c4ccc5ccc6c(-c7ccc(N(c8ccc(-c9ccccc9)cc8)c8ccccc8-c8ccccc8)s7)ccc7ccc4c5c76)s3)c3ccccc3-c3ccccc3)cc2)cc1. The predicted octanol–water partition coefficient (Wildman–Crippen LogP) is 21.6. The smallest absolute Gasteiger partial charge is 0.101 e. The summed E-state index contributed by atoms with van der Waals surface area (Å²) >= 11 is 3.68. The number of thiophene rings is 2. The summed E-state index contributed by atoms with van der Waals surface area (Å²) in [5.41, 5.74) is 16.5. The number of anilines is 6. The van der Waals surface area contributed by atoms with Crippen LogP contribution in [0.25, 0.3) is 97.7 Å². The first-order valence-corrected chi connectivity index (χ1v) is 27.4. The van der Waals surface area contributed by atoms with E-state index < -0.39 is 0 Å². The van der Waals surface area contributed by atoms with Gasteiger partial charge in [-0.3, -0.25) is 0 Å². The Morgan fingerprint density at radius 3 is 0.947 bits per heavy atom. The average Bonchev–Trinajstić information content (AvgIpc) is 4.26. The van der Waals surface area contributed by atoms with Crippen LogP contribution in [-0.2, 0) is 0 Å². The quantitative estimate of drug-likeness (QED) is 0.113.